The van der Waals surface area contributed by atoms with Crippen LogP contribution < -0.4 is 16.0 Å². The van der Waals surface area contributed by atoms with Crippen LogP contribution in [0.5, 0.6) is 0 Å². The van der Waals surface area contributed by atoms with Crippen LogP contribution in [0.2, 0.25) is 0 Å². The summed E-state index contributed by atoms with van der Waals surface area (Å²) in [6, 6.07) is 2.21. The molecule has 1 heterocycles. The first kappa shape index (κ1) is 44.8. The molecule has 1 aliphatic carbocycles. The molecule has 3 unspecified atom stereocenters. The summed E-state index contributed by atoms with van der Waals surface area (Å²) in [6.45, 7) is 13.3. The number of fused-ring (bicyclic) bond motifs is 1. The summed E-state index contributed by atoms with van der Waals surface area (Å²) in [4.78, 5) is 70.8. The number of hydrogen-bond donors (Lipinski definition) is 4. The van der Waals surface area contributed by atoms with E-state index in [0.29, 0.717) is 12.8 Å². The largest absolute Gasteiger partial charge is 0.480 e. The molecular formula is C40H64FN5O8. The first-order valence-electron chi connectivity index (χ1n) is 19.3. The smallest absolute Gasteiger partial charge is 0.326 e. The number of benzene rings is 1. The Balaban J connectivity index is 1.81. The molecule has 304 valence electrons. The van der Waals surface area contributed by atoms with Crippen LogP contribution in [-0.2, 0) is 39.9 Å². The van der Waals surface area contributed by atoms with Crippen LogP contribution in [0.1, 0.15) is 79.7 Å². The highest BCUT2D eigenvalue weighted by Gasteiger charge is 2.57. The Bertz CT molecular complexity index is 1460. The predicted molar refractivity (Wildman–Crippen MR) is 203 cm³/mol. The first-order valence-corrected chi connectivity index (χ1v) is 19.3. The van der Waals surface area contributed by atoms with Gasteiger partial charge in [-0.3, -0.25) is 19.2 Å². The molecule has 11 atom stereocenters. The van der Waals surface area contributed by atoms with Gasteiger partial charge in [0.15, 0.2) is 0 Å². The van der Waals surface area contributed by atoms with Gasteiger partial charge in [-0.05, 0) is 55.2 Å². The zero-order valence-corrected chi connectivity index (χ0v) is 33.9. The van der Waals surface area contributed by atoms with Crippen LogP contribution in [0.15, 0.2) is 24.3 Å². The van der Waals surface area contributed by atoms with Gasteiger partial charge >= 0.3 is 5.97 Å². The summed E-state index contributed by atoms with van der Waals surface area (Å²) >= 11 is 0. The van der Waals surface area contributed by atoms with Crippen LogP contribution in [0, 0.1) is 35.4 Å². The molecule has 54 heavy (non-hydrogen) atoms. The maximum Gasteiger partial charge on any atom is 0.326 e. The summed E-state index contributed by atoms with van der Waals surface area (Å²) in [5.74, 6) is -4.01. The molecular weight excluding hydrogens is 697 g/mol. The number of amides is 4. The third-order valence-electron chi connectivity index (χ3n) is 11.6. The molecule has 1 aliphatic heterocycles. The van der Waals surface area contributed by atoms with Gasteiger partial charge in [0.1, 0.15) is 17.9 Å². The molecule has 3 rings (SSSR count). The van der Waals surface area contributed by atoms with Crippen molar-refractivity contribution in [3.63, 3.8) is 0 Å². The second-order valence-electron chi connectivity index (χ2n) is 15.9. The number of likely N-dealkylation sites (N-methyl/N-ethyl adjacent to an activating group) is 2. The van der Waals surface area contributed by atoms with E-state index in [1.807, 2.05) is 41.5 Å². The number of carboxylic acids is 1. The molecule has 0 aromatic heterocycles. The molecule has 14 heteroatoms. The van der Waals surface area contributed by atoms with Gasteiger partial charge < -0.3 is 40.3 Å². The lowest BCUT2D eigenvalue weighted by atomic mass is 9.89. The predicted octanol–water partition coefficient (Wildman–Crippen LogP) is 3.24. The number of rotatable bonds is 21. The summed E-state index contributed by atoms with van der Waals surface area (Å²) in [6.07, 6.45) is 0.457. The number of hydrogen-bond acceptors (Lipinski definition) is 8. The van der Waals surface area contributed by atoms with E-state index >= 15 is 0 Å². The zero-order chi connectivity index (χ0) is 40.6. The molecule has 1 aromatic rings. The number of halogens is 1. The van der Waals surface area contributed by atoms with Crippen LogP contribution >= 0.6 is 0 Å². The molecule has 4 N–H and O–H groups in total. The van der Waals surface area contributed by atoms with Crippen molar-refractivity contribution in [1.29, 1.82) is 0 Å². The molecule has 1 saturated carbocycles. The van der Waals surface area contributed by atoms with E-state index in [-0.39, 0.29) is 65.8 Å². The Labute approximate surface area is 320 Å². The summed E-state index contributed by atoms with van der Waals surface area (Å²) in [7, 11) is 6.41. The number of carbonyl (C=O) groups is 5. The first-order chi connectivity index (χ1) is 25.4. The van der Waals surface area contributed by atoms with Crippen molar-refractivity contribution in [1.82, 2.24) is 25.8 Å². The van der Waals surface area contributed by atoms with Crippen molar-refractivity contribution in [2.75, 3.05) is 28.3 Å². The topological polar surface area (TPSA) is 167 Å². The van der Waals surface area contributed by atoms with Crippen molar-refractivity contribution in [3.8, 4) is 0 Å². The van der Waals surface area contributed by atoms with E-state index < -0.39 is 66.0 Å². The highest BCUT2D eigenvalue weighted by atomic mass is 19.1. The molecule has 2 fully saturated rings. The molecule has 4 amide bonds. The van der Waals surface area contributed by atoms with Gasteiger partial charge in [-0.15, -0.1) is 0 Å². The molecule has 0 radical (unpaired) electrons. The van der Waals surface area contributed by atoms with E-state index in [1.165, 1.54) is 32.4 Å². The number of piperidine rings is 1. The number of nitrogens with zero attached hydrogens (tertiary/aromatic N) is 2. The third kappa shape index (κ3) is 10.6. The van der Waals surface area contributed by atoms with E-state index in [2.05, 4.69) is 16.0 Å². The summed E-state index contributed by atoms with van der Waals surface area (Å²) in [5.41, 5.74) is 0.169. The number of ether oxygens (including phenoxy) is 2. The Hall–Kier alpha value is -3.62. The average molecular weight is 762 g/mol. The Kier molecular flexibility index (Phi) is 16.4. The van der Waals surface area contributed by atoms with E-state index in [0.717, 1.165) is 6.42 Å². The normalized spacial score (nSPS) is 22.3. The highest BCUT2D eigenvalue weighted by molar-refractivity contribution is 5.90. The van der Waals surface area contributed by atoms with Gasteiger partial charge in [-0.25, -0.2) is 9.18 Å². The molecule has 0 spiro atoms. The zero-order valence-electron chi connectivity index (χ0n) is 33.9. The summed E-state index contributed by atoms with van der Waals surface area (Å²) in [5, 5.41) is 18.4. The van der Waals surface area contributed by atoms with Gasteiger partial charge in [0.05, 0.1) is 42.7 Å². The van der Waals surface area contributed by atoms with Crippen molar-refractivity contribution in [2.24, 2.45) is 29.6 Å². The van der Waals surface area contributed by atoms with Crippen molar-refractivity contribution < 1.29 is 42.9 Å². The van der Waals surface area contributed by atoms with Gasteiger partial charge in [-0.2, -0.15) is 0 Å². The number of carbonyl (C=O) groups excluding carboxylic acids is 4. The lowest BCUT2D eigenvalue weighted by Crippen LogP contribution is -2.59. The third-order valence-corrected chi connectivity index (χ3v) is 11.6. The number of likely N-dealkylation sites (tertiary alicyclic amines) is 1. The molecule has 1 saturated heterocycles. The minimum Gasteiger partial charge on any atom is -0.480 e. The van der Waals surface area contributed by atoms with E-state index in [9.17, 15) is 33.5 Å². The van der Waals surface area contributed by atoms with Crippen molar-refractivity contribution >= 4 is 29.6 Å². The van der Waals surface area contributed by atoms with Gasteiger partial charge in [0.2, 0.25) is 23.6 Å². The molecule has 2 aliphatic rings. The van der Waals surface area contributed by atoms with E-state index in [1.54, 1.807) is 36.9 Å². The second kappa shape index (κ2) is 19.8. The minimum absolute atomic E-state index is 0.00943. The quantitative estimate of drug-likeness (QED) is 0.147. The standard InChI is InChI=1S/C40H64FN5O8/c1-12-23(6)35(45(9)39(50)34(22(4)5)44-38(49)33(42-8)21(2)3)31(53-10)20-32(47)46-29-18-26(29)19-30(46)36(54-11)24(7)37(48)43-28(40(51)52)17-25-15-13-14-16-27(25)41/h13-16,21-24,26,28-31,33-36,42H,12,17-20H2,1-11H3,(H,43,48)(H,44,49)(H,51,52)/t23-,24+,26-,28-,29?,30-,31+,33?,34-,35-,36?/m0/s1. The van der Waals surface area contributed by atoms with Crippen LogP contribution in [0.4, 0.5) is 4.39 Å². The molecule has 13 nitrogen and oxygen atoms in total. The Morgan fingerprint density at radius 2 is 1.57 bits per heavy atom. The van der Waals surface area contributed by atoms with Crippen LogP contribution in [-0.4, -0.2) is 121 Å². The molecule has 1 aromatic carbocycles. The molecule has 0 bridgehead atoms. The fourth-order valence-electron chi connectivity index (χ4n) is 8.14. The van der Waals surface area contributed by atoms with Crippen molar-refractivity contribution in [3.05, 3.63) is 35.6 Å². The highest BCUT2D eigenvalue weighted by Crippen LogP contribution is 2.50. The van der Waals surface area contributed by atoms with E-state index in [4.69, 9.17) is 9.47 Å². The maximum atomic E-state index is 14.4. The fraction of sp³-hybridized carbons (Fsp3) is 0.725. The number of methoxy groups -OCH3 is 2. The van der Waals surface area contributed by atoms with Gasteiger partial charge in [-0.1, -0.05) is 73.1 Å². The lowest BCUT2D eigenvalue weighted by molar-refractivity contribution is -0.149. The van der Waals surface area contributed by atoms with Crippen LogP contribution in [0.25, 0.3) is 0 Å². The number of nitrogens with one attached hydrogen (secondary N) is 3. The average Bonchev–Trinajstić information content (AvgIpc) is 3.78. The number of carboxylic acid groups (broad SMARTS) is 1. The number of aliphatic carboxylic acids is 1. The summed E-state index contributed by atoms with van der Waals surface area (Å²) < 4.78 is 26.2. The van der Waals surface area contributed by atoms with Crippen LogP contribution in [0.3, 0.4) is 0 Å². The maximum absolute atomic E-state index is 14.4. The van der Waals surface area contributed by atoms with Gasteiger partial charge in [0.25, 0.3) is 0 Å². The Morgan fingerprint density at radius 1 is 0.944 bits per heavy atom. The SMILES string of the molecule is CC[C@H](C)[C@@H]([C@@H](CC(=O)N1C2C[C@H]2C[C@H]1C(OC)[C@@H](C)C(=O)N[C@@H](Cc1ccccc1F)C(=O)O)OC)N(C)C(=O)[C@@H](NC(=O)C(NC)C(C)C)C(C)C. The fourth-order valence-corrected chi connectivity index (χ4v) is 8.14. The van der Waals surface area contributed by atoms with Gasteiger partial charge in [0, 0.05) is 33.7 Å². The second-order valence-corrected chi connectivity index (χ2v) is 15.9. The van der Waals surface area contributed by atoms with Crippen molar-refractivity contribution in [2.45, 2.75) is 129 Å². The lowest BCUT2D eigenvalue weighted by Gasteiger charge is -2.41. The Morgan fingerprint density at radius 3 is 2.09 bits per heavy atom. The monoisotopic (exact) mass is 761 g/mol. The minimum atomic E-state index is -1.37.